The molecule has 20 heavy (non-hydrogen) atoms. The third-order valence-electron chi connectivity index (χ3n) is 3.18. The van der Waals surface area contributed by atoms with Crippen LogP contribution in [0.3, 0.4) is 0 Å². The van der Waals surface area contributed by atoms with Crippen molar-refractivity contribution in [2.45, 2.75) is 39.5 Å². The van der Waals surface area contributed by atoms with Gasteiger partial charge in [0.05, 0.1) is 6.10 Å². The molecule has 106 valence electrons. The van der Waals surface area contributed by atoms with E-state index in [0.29, 0.717) is 6.04 Å². The van der Waals surface area contributed by atoms with Gasteiger partial charge in [-0.1, -0.05) is 42.5 Å². The van der Waals surface area contributed by atoms with Crippen molar-refractivity contribution in [3.63, 3.8) is 0 Å². The van der Waals surface area contributed by atoms with Crippen LogP contribution in [0.4, 0.5) is 0 Å². The highest BCUT2D eigenvalue weighted by atomic mass is 16.5. The largest absolute Gasteiger partial charge is 0.491 e. The van der Waals surface area contributed by atoms with Gasteiger partial charge >= 0.3 is 0 Å². The fourth-order valence-electron chi connectivity index (χ4n) is 2.13. The number of ether oxygens (including phenoxy) is 1. The summed E-state index contributed by atoms with van der Waals surface area (Å²) in [5, 5.41) is 3.54. The normalized spacial score (nSPS) is 12.4. The van der Waals surface area contributed by atoms with Crippen LogP contribution >= 0.6 is 0 Å². The minimum absolute atomic E-state index is 0.210. The van der Waals surface area contributed by atoms with Crippen molar-refractivity contribution in [3.05, 3.63) is 65.7 Å². The monoisotopic (exact) mass is 269 g/mol. The van der Waals surface area contributed by atoms with Crippen LogP contribution in [-0.4, -0.2) is 6.10 Å². The number of hydrogen-bond donors (Lipinski definition) is 1. The summed E-state index contributed by atoms with van der Waals surface area (Å²) in [5.41, 5.74) is 2.55. The highest BCUT2D eigenvalue weighted by Crippen LogP contribution is 2.16. The molecule has 0 amide bonds. The summed E-state index contributed by atoms with van der Waals surface area (Å²) in [6, 6.07) is 19.1. The Balaban J connectivity index is 1.94. The number of benzene rings is 2. The maximum absolute atomic E-state index is 5.72. The zero-order chi connectivity index (χ0) is 14.4. The minimum Gasteiger partial charge on any atom is -0.491 e. The van der Waals surface area contributed by atoms with E-state index in [1.54, 1.807) is 0 Å². The molecule has 2 rings (SSSR count). The minimum atomic E-state index is 0.210. The number of rotatable bonds is 6. The Morgan fingerprint density at radius 3 is 2.40 bits per heavy atom. The van der Waals surface area contributed by atoms with E-state index in [4.69, 9.17) is 4.74 Å². The average molecular weight is 269 g/mol. The standard InChI is InChI=1S/C18H23NO/c1-14(2)20-18-11-7-8-16(12-18)13-19-15(3)17-9-5-4-6-10-17/h4-12,14-15,19H,13H2,1-3H3/t15-/m0/s1. The lowest BCUT2D eigenvalue weighted by atomic mass is 10.1. The van der Waals surface area contributed by atoms with Gasteiger partial charge < -0.3 is 10.1 Å². The Morgan fingerprint density at radius 1 is 0.950 bits per heavy atom. The van der Waals surface area contributed by atoms with Crippen molar-refractivity contribution in [3.8, 4) is 5.75 Å². The van der Waals surface area contributed by atoms with Crippen molar-refractivity contribution < 1.29 is 4.74 Å². The van der Waals surface area contributed by atoms with Crippen molar-refractivity contribution in [2.75, 3.05) is 0 Å². The molecular weight excluding hydrogens is 246 g/mol. The lowest BCUT2D eigenvalue weighted by molar-refractivity contribution is 0.242. The van der Waals surface area contributed by atoms with Crippen molar-refractivity contribution in [1.29, 1.82) is 0 Å². The molecule has 0 aromatic heterocycles. The molecule has 0 saturated heterocycles. The van der Waals surface area contributed by atoms with Gasteiger partial charge in [-0.15, -0.1) is 0 Å². The first kappa shape index (κ1) is 14.6. The van der Waals surface area contributed by atoms with E-state index in [0.717, 1.165) is 12.3 Å². The second kappa shape index (κ2) is 7.11. The van der Waals surface area contributed by atoms with E-state index in [2.05, 4.69) is 48.6 Å². The van der Waals surface area contributed by atoms with Crippen LogP contribution in [0, 0.1) is 0 Å². The third-order valence-corrected chi connectivity index (χ3v) is 3.18. The quantitative estimate of drug-likeness (QED) is 0.843. The lowest BCUT2D eigenvalue weighted by Gasteiger charge is -2.15. The SMILES string of the molecule is CC(C)Oc1cccc(CN[C@@H](C)c2ccccc2)c1. The van der Waals surface area contributed by atoms with Gasteiger partial charge in [0.25, 0.3) is 0 Å². The molecule has 0 aliphatic heterocycles. The highest BCUT2D eigenvalue weighted by Gasteiger charge is 2.05. The van der Waals surface area contributed by atoms with E-state index < -0.39 is 0 Å². The zero-order valence-electron chi connectivity index (χ0n) is 12.5. The molecule has 0 radical (unpaired) electrons. The van der Waals surface area contributed by atoms with Crippen LogP contribution < -0.4 is 10.1 Å². The third kappa shape index (κ3) is 4.39. The Kier molecular flexibility index (Phi) is 5.19. The van der Waals surface area contributed by atoms with Crippen LogP contribution in [-0.2, 0) is 6.54 Å². The Labute approximate surface area is 121 Å². The van der Waals surface area contributed by atoms with E-state index in [1.807, 2.05) is 32.0 Å². The number of nitrogens with one attached hydrogen (secondary N) is 1. The molecule has 0 bridgehead atoms. The summed E-state index contributed by atoms with van der Waals surface area (Å²) in [4.78, 5) is 0. The molecule has 0 aliphatic rings. The Bertz CT molecular complexity index is 522. The van der Waals surface area contributed by atoms with Crippen molar-refractivity contribution in [1.82, 2.24) is 5.32 Å². The van der Waals surface area contributed by atoms with Gasteiger partial charge in [0.2, 0.25) is 0 Å². The van der Waals surface area contributed by atoms with Crippen LogP contribution in [0.15, 0.2) is 54.6 Å². The van der Waals surface area contributed by atoms with E-state index in [-0.39, 0.29) is 6.10 Å². The van der Waals surface area contributed by atoms with Crippen LogP contribution in [0.5, 0.6) is 5.75 Å². The molecule has 2 heteroatoms. The molecule has 0 aliphatic carbocycles. The molecule has 2 nitrogen and oxygen atoms in total. The van der Waals surface area contributed by atoms with E-state index in [9.17, 15) is 0 Å². The zero-order valence-corrected chi connectivity index (χ0v) is 12.5. The predicted molar refractivity (Wildman–Crippen MR) is 83.9 cm³/mol. The van der Waals surface area contributed by atoms with Crippen LogP contribution in [0.25, 0.3) is 0 Å². The van der Waals surface area contributed by atoms with Gasteiger partial charge in [-0.3, -0.25) is 0 Å². The molecule has 1 atom stereocenters. The molecule has 2 aromatic rings. The lowest BCUT2D eigenvalue weighted by Crippen LogP contribution is -2.18. The molecule has 1 N–H and O–H groups in total. The Morgan fingerprint density at radius 2 is 1.70 bits per heavy atom. The predicted octanol–water partition coefficient (Wildman–Crippen LogP) is 4.32. The molecule has 0 heterocycles. The summed E-state index contributed by atoms with van der Waals surface area (Å²) in [5.74, 6) is 0.937. The van der Waals surface area contributed by atoms with Crippen molar-refractivity contribution >= 4 is 0 Å². The van der Waals surface area contributed by atoms with Crippen LogP contribution in [0.1, 0.15) is 37.9 Å². The Hall–Kier alpha value is -1.80. The van der Waals surface area contributed by atoms with Crippen LogP contribution in [0.2, 0.25) is 0 Å². The molecule has 0 unspecified atom stereocenters. The second-order valence-corrected chi connectivity index (χ2v) is 5.33. The molecule has 0 saturated carbocycles. The first-order valence-corrected chi connectivity index (χ1v) is 7.19. The average Bonchev–Trinajstić information content (AvgIpc) is 2.45. The summed E-state index contributed by atoms with van der Waals surface area (Å²) >= 11 is 0. The van der Waals surface area contributed by atoms with Crippen molar-refractivity contribution in [2.24, 2.45) is 0 Å². The topological polar surface area (TPSA) is 21.3 Å². The summed E-state index contributed by atoms with van der Waals surface area (Å²) in [7, 11) is 0. The smallest absolute Gasteiger partial charge is 0.120 e. The number of hydrogen-bond acceptors (Lipinski definition) is 2. The molecular formula is C18H23NO. The van der Waals surface area contributed by atoms with Gasteiger partial charge in [0.15, 0.2) is 0 Å². The van der Waals surface area contributed by atoms with Gasteiger partial charge in [0, 0.05) is 12.6 Å². The van der Waals surface area contributed by atoms with Gasteiger partial charge in [0.1, 0.15) is 5.75 Å². The molecule has 0 spiro atoms. The van der Waals surface area contributed by atoms with Gasteiger partial charge in [-0.25, -0.2) is 0 Å². The summed E-state index contributed by atoms with van der Waals surface area (Å²) < 4.78 is 5.72. The van der Waals surface area contributed by atoms with E-state index in [1.165, 1.54) is 11.1 Å². The van der Waals surface area contributed by atoms with Gasteiger partial charge in [-0.05, 0) is 44.0 Å². The summed E-state index contributed by atoms with van der Waals surface area (Å²) in [6.07, 6.45) is 0.210. The fraction of sp³-hybridized carbons (Fsp3) is 0.333. The second-order valence-electron chi connectivity index (χ2n) is 5.33. The maximum Gasteiger partial charge on any atom is 0.120 e. The fourth-order valence-corrected chi connectivity index (χ4v) is 2.13. The van der Waals surface area contributed by atoms with E-state index >= 15 is 0 Å². The maximum atomic E-state index is 5.72. The first-order valence-electron chi connectivity index (χ1n) is 7.19. The molecule has 2 aromatic carbocycles. The first-order chi connectivity index (χ1) is 9.65. The highest BCUT2D eigenvalue weighted by molar-refractivity contribution is 5.29. The molecule has 0 fully saturated rings. The van der Waals surface area contributed by atoms with Gasteiger partial charge in [-0.2, -0.15) is 0 Å². The summed E-state index contributed by atoms with van der Waals surface area (Å²) in [6.45, 7) is 7.11.